The molecule has 1 aromatic carbocycles. The first-order valence-corrected chi connectivity index (χ1v) is 5.79. The molecule has 0 aliphatic rings. The molecule has 0 spiro atoms. The van der Waals surface area contributed by atoms with Crippen LogP contribution in [0.4, 0.5) is 5.69 Å². The molecule has 4 N–H and O–H groups in total. The molecule has 0 fully saturated rings. The van der Waals surface area contributed by atoms with Gasteiger partial charge < -0.3 is 20.7 Å². The molecule has 0 aliphatic heterocycles. The van der Waals surface area contributed by atoms with Crippen molar-refractivity contribution in [1.29, 1.82) is 0 Å². The highest BCUT2D eigenvalue weighted by Gasteiger charge is 2.26. The summed E-state index contributed by atoms with van der Waals surface area (Å²) in [5.74, 6) is -0.649. The van der Waals surface area contributed by atoms with Crippen LogP contribution in [0.1, 0.15) is 18.1 Å². The van der Waals surface area contributed by atoms with E-state index in [1.807, 2.05) is 0 Å². The number of methoxy groups -OCH3 is 1. The molecule has 0 aromatic heterocycles. The second kappa shape index (κ2) is 6.24. The summed E-state index contributed by atoms with van der Waals surface area (Å²) >= 11 is 11.8. The number of hydrogen-bond acceptors (Lipinski definition) is 5. The van der Waals surface area contributed by atoms with E-state index in [-0.39, 0.29) is 22.0 Å². The van der Waals surface area contributed by atoms with E-state index in [9.17, 15) is 15.0 Å². The van der Waals surface area contributed by atoms with E-state index in [0.29, 0.717) is 5.69 Å². The van der Waals surface area contributed by atoms with Gasteiger partial charge in [-0.2, -0.15) is 0 Å². The Morgan fingerprint density at radius 3 is 2.33 bits per heavy atom. The summed E-state index contributed by atoms with van der Waals surface area (Å²) in [5.41, 5.74) is 5.98. The smallest absolute Gasteiger partial charge is 0.308 e. The number of carbonyl (C=O) groups excluding carboxylic acids is 1. The Balaban J connectivity index is 2.96. The largest absolute Gasteiger partial charge is 0.469 e. The number of aliphatic hydroxyl groups excluding tert-OH is 2. The Hall–Kier alpha value is -1.01. The highest BCUT2D eigenvalue weighted by atomic mass is 35.5. The monoisotopic (exact) mass is 293 g/mol. The molecule has 5 nitrogen and oxygen atoms in total. The lowest BCUT2D eigenvalue weighted by Crippen LogP contribution is -2.23. The van der Waals surface area contributed by atoms with Gasteiger partial charge in [-0.25, -0.2) is 0 Å². The zero-order chi connectivity index (χ0) is 13.9. The average molecular weight is 294 g/mol. The molecule has 18 heavy (non-hydrogen) atoms. The van der Waals surface area contributed by atoms with Gasteiger partial charge in [-0.3, -0.25) is 4.79 Å². The van der Waals surface area contributed by atoms with Crippen LogP contribution in [0.3, 0.4) is 0 Å². The number of benzene rings is 1. The van der Waals surface area contributed by atoms with Crippen molar-refractivity contribution in [1.82, 2.24) is 0 Å². The SMILES string of the molecule is COC(=O)CC(O)C(O)c1c(Cl)cc(N)cc1Cl. The lowest BCUT2D eigenvalue weighted by atomic mass is 10.0. The quantitative estimate of drug-likeness (QED) is 0.578. The number of aliphatic hydroxyl groups is 2. The van der Waals surface area contributed by atoms with Gasteiger partial charge >= 0.3 is 5.97 Å². The second-order valence-electron chi connectivity index (χ2n) is 3.69. The Kier molecular flexibility index (Phi) is 5.22. The van der Waals surface area contributed by atoms with Crippen LogP contribution >= 0.6 is 23.2 Å². The Morgan fingerprint density at radius 2 is 1.89 bits per heavy atom. The molecule has 1 aromatic rings. The zero-order valence-electron chi connectivity index (χ0n) is 9.56. The Morgan fingerprint density at radius 1 is 1.39 bits per heavy atom. The minimum absolute atomic E-state index is 0.122. The summed E-state index contributed by atoms with van der Waals surface area (Å²) in [6, 6.07) is 2.80. The van der Waals surface area contributed by atoms with Gasteiger partial charge in [0.1, 0.15) is 6.10 Å². The molecule has 2 unspecified atom stereocenters. The number of anilines is 1. The number of rotatable bonds is 4. The molecule has 1 rings (SSSR count). The molecule has 0 aliphatic carbocycles. The zero-order valence-corrected chi connectivity index (χ0v) is 11.1. The topological polar surface area (TPSA) is 92.8 Å². The van der Waals surface area contributed by atoms with Crippen LogP contribution in [0, 0.1) is 0 Å². The molecule has 100 valence electrons. The second-order valence-corrected chi connectivity index (χ2v) is 4.51. The van der Waals surface area contributed by atoms with E-state index in [4.69, 9.17) is 28.9 Å². The fraction of sp³-hybridized carbons (Fsp3) is 0.364. The van der Waals surface area contributed by atoms with Crippen molar-refractivity contribution in [2.24, 2.45) is 0 Å². The Labute approximate surface area is 114 Å². The van der Waals surface area contributed by atoms with Crippen LogP contribution in [0.15, 0.2) is 12.1 Å². The lowest BCUT2D eigenvalue weighted by molar-refractivity contribution is -0.144. The molecule has 2 atom stereocenters. The lowest BCUT2D eigenvalue weighted by Gasteiger charge is -2.19. The first-order chi connectivity index (χ1) is 8.36. The molecular formula is C11H13Cl2NO4. The van der Waals surface area contributed by atoms with E-state index in [1.165, 1.54) is 19.2 Å². The van der Waals surface area contributed by atoms with Crippen molar-refractivity contribution in [3.63, 3.8) is 0 Å². The first kappa shape index (κ1) is 15.0. The molecule has 0 heterocycles. The van der Waals surface area contributed by atoms with Crippen LogP contribution in [0.2, 0.25) is 10.0 Å². The summed E-state index contributed by atoms with van der Waals surface area (Å²) in [6.07, 6.45) is -3.13. The molecule has 0 amide bonds. The van der Waals surface area contributed by atoms with Gasteiger partial charge in [-0.05, 0) is 12.1 Å². The van der Waals surface area contributed by atoms with E-state index < -0.39 is 18.2 Å². The minimum atomic E-state index is -1.40. The summed E-state index contributed by atoms with van der Waals surface area (Å²) in [5, 5.41) is 19.9. The van der Waals surface area contributed by atoms with Gasteiger partial charge in [0, 0.05) is 21.3 Å². The summed E-state index contributed by atoms with van der Waals surface area (Å²) < 4.78 is 4.39. The van der Waals surface area contributed by atoms with Crippen LogP contribution in [-0.4, -0.2) is 29.4 Å². The highest BCUT2D eigenvalue weighted by Crippen LogP contribution is 2.34. The van der Waals surface area contributed by atoms with Crippen molar-refractivity contribution in [3.05, 3.63) is 27.7 Å². The Bertz CT molecular complexity index is 430. The molecule has 7 heteroatoms. The van der Waals surface area contributed by atoms with Gasteiger partial charge in [0.15, 0.2) is 0 Å². The van der Waals surface area contributed by atoms with E-state index >= 15 is 0 Å². The maximum atomic E-state index is 11.0. The van der Waals surface area contributed by atoms with Crippen molar-refractivity contribution < 1.29 is 19.7 Å². The number of esters is 1. The average Bonchev–Trinajstić information content (AvgIpc) is 2.27. The third-order valence-electron chi connectivity index (χ3n) is 2.37. The third-order valence-corrected chi connectivity index (χ3v) is 2.99. The maximum Gasteiger partial charge on any atom is 0.308 e. The van der Waals surface area contributed by atoms with Crippen LogP contribution < -0.4 is 5.73 Å². The number of halogens is 2. The van der Waals surface area contributed by atoms with Crippen molar-refractivity contribution in [2.75, 3.05) is 12.8 Å². The van der Waals surface area contributed by atoms with Gasteiger partial charge in [0.05, 0.1) is 19.6 Å². The predicted octanol–water partition coefficient (Wildman–Crippen LogP) is 1.53. The van der Waals surface area contributed by atoms with E-state index in [1.54, 1.807) is 0 Å². The normalized spacial score (nSPS) is 14.1. The number of nitrogens with two attached hydrogens (primary N) is 1. The molecule has 0 saturated carbocycles. The molecule has 0 radical (unpaired) electrons. The number of hydrogen-bond donors (Lipinski definition) is 3. The summed E-state index contributed by atoms with van der Waals surface area (Å²) in [6.45, 7) is 0. The van der Waals surface area contributed by atoms with E-state index in [2.05, 4.69) is 4.74 Å². The standard InChI is InChI=1S/C11H13Cl2NO4/c1-18-9(16)4-8(15)11(17)10-6(12)2-5(14)3-7(10)13/h2-3,8,11,15,17H,4,14H2,1H3. The van der Waals surface area contributed by atoms with Gasteiger partial charge in [0.2, 0.25) is 0 Å². The summed E-state index contributed by atoms with van der Waals surface area (Å²) in [4.78, 5) is 11.0. The van der Waals surface area contributed by atoms with Gasteiger partial charge in [-0.15, -0.1) is 0 Å². The molecule has 0 saturated heterocycles. The minimum Gasteiger partial charge on any atom is -0.469 e. The number of nitrogen functional groups attached to an aromatic ring is 1. The van der Waals surface area contributed by atoms with Gasteiger partial charge in [0.25, 0.3) is 0 Å². The van der Waals surface area contributed by atoms with Crippen LogP contribution in [0.25, 0.3) is 0 Å². The van der Waals surface area contributed by atoms with Crippen LogP contribution in [-0.2, 0) is 9.53 Å². The van der Waals surface area contributed by atoms with Crippen molar-refractivity contribution >= 4 is 34.9 Å². The number of carbonyl (C=O) groups is 1. The first-order valence-electron chi connectivity index (χ1n) is 5.04. The third kappa shape index (κ3) is 3.49. The summed E-state index contributed by atoms with van der Waals surface area (Å²) in [7, 11) is 1.19. The van der Waals surface area contributed by atoms with Gasteiger partial charge in [-0.1, -0.05) is 23.2 Å². The maximum absolute atomic E-state index is 11.0. The fourth-order valence-corrected chi connectivity index (χ4v) is 2.17. The predicted molar refractivity (Wildman–Crippen MR) is 68.5 cm³/mol. The van der Waals surface area contributed by atoms with E-state index in [0.717, 1.165) is 0 Å². The molecular weight excluding hydrogens is 281 g/mol. The molecule has 0 bridgehead atoms. The number of ether oxygens (including phenoxy) is 1. The van der Waals surface area contributed by atoms with Crippen LogP contribution in [0.5, 0.6) is 0 Å². The van der Waals surface area contributed by atoms with Crippen molar-refractivity contribution in [3.8, 4) is 0 Å². The van der Waals surface area contributed by atoms with Crippen molar-refractivity contribution in [2.45, 2.75) is 18.6 Å². The fourth-order valence-electron chi connectivity index (χ4n) is 1.44. The highest BCUT2D eigenvalue weighted by molar-refractivity contribution is 6.36.